The third-order valence-electron chi connectivity index (χ3n) is 6.82. The van der Waals surface area contributed by atoms with E-state index in [2.05, 4.69) is 0 Å². The minimum Gasteiger partial charge on any atom is -0.491 e. The van der Waals surface area contributed by atoms with Crippen molar-refractivity contribution in [3.05, 3.63) is 76.9 Å². The number of ether oxygens (including phenoxy) is 3. The second-order valence-electron chi connectivity index (χ2n) is 9.15. The van der Waals surface area contributed by atoms with Crippen molar-refractivity contribution in [1.82, 2.24) is 0 Å². The molecule has 0 saturated heterocycles. The summed E-state index contributed by atoms with van der Waals surface area (Å²) in [5.74, 6) is -8.15. The Kier molecular flexibility index (Phi) is 8.74. The lowest BCUT2D eigenvalue weighted by atomic mass is 9.79. The lowest BCUT2D eigenvalue weighted by Crippen LogP contribution is -2.20. The monoisotopic (exact) mass is 538 g/mol. The molecule has 0 aliphatic heterocycles. The number of halogens is 6. The van der Waals surface area contributed by atoms with Gasteiger partial charge in [-0.2, -0.15) is 13.2 Å². The van der Waals surface area contributed by atoms with Crippen molar-refractivity contribution in [2.75, 3.05) is 19.8 Å². The summed E-state index contributed by atoms with van der Waals surface area (Å²) in [6.45, 7) is 3.72. The zero-order valence-electron chi connectivity index (χ0n) is 21.1. The first kappa shape index (κ1) is 27.7. The average Bonchev–Trinajstić information content (AvgIpc) is 2.92. The number of hydrogen-bond acceptors (Lipinski definition) is 3. The predicted molar refractivity (Wildman–Crippen MR) is 131 cm³/mol. The fourth-order valence-corrected chi connectivity index (χ4v) is 4.83. The Balaban J connectivity index is 1.39. The van der Waals surface area contributed by atoms with Crippen molar-refractivity contribution in [1.29, 1.82) is 0 Å². The largest absolute Gasteiger partial charge is 0.491 e. The van der Waals surface area contributed by atoms with E-state index >= 15 is 0 Å². The van der Waals surface area contributed by atoms with Gasteiger partial charge in [0, 0.05) is 11.1 Å². The second kappa shape index (κ2) is 12.0. The molecule has 204 valence electrons. The Hall–Kier alpha value is -3.36. The van der Waals surface area contributed by atoms with Crippen molar-refractivity contribution in [2.24, 2.45) is 5.92 Å². The molecule has 1 saturated carbocycles. The van der Waals surface area contributed by atoms with Crippen LogP contribution < -0.4 is 14.2 Å². The van der Waals surface area contributed by atoms with Crippen LogP contribution in [-0.4, -0.2) is 19.8 Å². The van der Waals surface area contributed by atoms with Gasteiger partial charge in [-0.15, -0.1) is 0 Å². The highest BCUT2D eigenvalue weighted by Gasteiger charge is 2.28. The Bertz CT molecular complexity index is 1290. The molecule has 0 N–H and O–H groups in total. The number of benzene rings is 3. The summed E-state index contributed by atoms with van der Waals surface area (Å²) in [5, 5.41) is 0. The highest BCUT2D eigenvalue weighted by Crippen LogP contribution is 2.39. The molecule has 38 heavy (non-hydrogen) atoms. The molecule has 0 amide bonds. The van der Waals surface area contributed by atoms with E-state index in [1.54, 1.807) is 19.9 Å². The van der Waals surface area contributed by atoms with Gasteiger partial charge >= 0.3 is 0 Å². The molecule has 1 aliphatic carbocycles. The lowest BCUT2D eigenvalue weighted by molar-refractivity contribution is 0.191. The van der Waals surface area contributed by atoms with Gasteiger partial charge in [-0.25, -0.2) is 13.2 Å². The molecule has 0 heterocycles. The first-order valence-corrected chi connectivity index (χ1v) is 12.6. The molecular weight excluding hydrogens is 510 g/mol. The average molecular weight is 539 g/mol. The van der Waals surface area contributed by atoms with Crippen LogP contribution in [0.15, 0.2) is 36.4 Å². The molecule has 0 spiro atoms. The SMILES string of the molecule is CCOc1ccc(-c2ccc(OCC3CCC(c4ccc(OCC)c(F)c4F)CC3)c(F)c2F)c(F)c1F. The van der Waals surface area contributed by atoms with Crippen molar-refractivity contribution in [2.45, 2.75) is 45.4 Å². The van der Waals surface area contributed by atoms with Crippen LogP contribution in [0.2, 0.25) is 0 Å². The molecule has 1 aliphatic rings. The van der Waals surface area contributed by atoms with E-state index in [1.807, 2.05) is 0 Å². The molecule has 9 heteroatoms. The van der Waals surface area contributed by atoms with E-state index in [9.17, 15) is 26.3 Å². The molecule has 0 bridgehead atoms. The molecule has 3 nitrogen and oxygen atoms in total. The predicted octanol–water partition coefficient (Wildman–Crippen LogP) is 8.34. The summed E-state index contributed by atoms with van der Waals surface area (Å²) >= 11 is 0. The summed E-state index contributed by atoms with van der Waals surface area (Å²) in [6, 6.07) is 7.56. The summed E-state index contributed by atoms with van der Waals surface area (Å²) in [5.41, 5.74) is -0.586. The molecular formula is C29H28F6O3. The van der Waals surface area contributed by atoms with Gasteiger partial charge in [0.25, 0.3) is 0 Å². The van der Waals surface area contributed by atoms with Crippen LogP contribution in [0.1, 0.15) is 51.0 Å². The highest BCUT2D eigenvalue weighted by atomic mass is 19.2. The third kappa shape index (κ3) is 5.56. The summed E-state index contributed by atoms with van der Waals surface area (Å²) < 4.78 is 103. The highest BCUT2D eigenvalue weighted by molar-refractivity contribution is 5.67. The molecule has 4 rings (SSSR count). The number of rotatable bonds is 9. The first-order chi connectivity index (χ1) is 18.3. The normalized spacial score (nSPS) is 17.4. The standard InChI is InChI=1S/C29H28F6O3/c1-3-36-21-12-9-18(24(30)27(21)33)17-7-5-16(6-8-17)15-38-23-14-11-20(26(32)29(23)35)19-10-13-22(37-4-2)28(34)25(19)31/h9-14,16-17H,3-8,15H2,1-2H3. The smallest absolute Gasteiger partial charge is 0.201 e. The van der Waals surface area contributed by atoms with E-state index in [0.29, 0.717) is 31.2 Å². The molecule has 0 unspecified atom stereocenters. The first-order valence-electron chi connectivity index (χ1n) is 12.6. The Morgan fingerprint density at radius 1 is 0.553 bits per heavy atom. The van der Waals surface area contributed by atoms with Crippen molar-refractivity contribution < 1.29 is 40.6 Å². The Morgan fingerprint density at radius 3 is 1.50 bits per heavy atom. The van der Waals surface area contributed by atoms with Crippen LogP contribution in [-0.2, 0) is 0 Å². The minimum absolute atomic E-state index is 0.00152. The van der Waals surface area contributed by atoms with Crippen LogP contribution in [0.25, 0.3) is 11.1 Å². The van der Waals surface area contributed by atoms with Gasteiger partial charge in [-0.05, 0) is 87.3 Å². The van der Waals surface area contributed by atoms with Crippen LogP contribution in [0.4, 0.5) is 26.3 Å². The van der Waals surface area contributed by atoms with Crippen LogP contribution >= 0.6 is 0 Å². The van der Waals surface area contributed by atoms with E-state index in [0.717, 1.165) is 18.2 Å². The minimum atomic E-state index is -1.36. The maximum Gasteiger partial charge on any atom is 0.201 e. The fourth-order valence-electron chi connectivity index (χ4n) is 4.83. The van der Waals surface area contributed by atoms with Crippen LogP contribution in [0.5, 0.6) is 17.2 Å². The quantitative estimate of drug-likeness (QED) is 0.256. The van der Waals surface area contributed by atoms with Gasteiger partial charge in [0.05, 0.1) is 19.8 Å². The zero-order valence-corrected chi connectivity index (χ0v) is 21.1. The molecule has 3 aromatic rings. The Morgan fingerprint density at radius 2 is 1.00 bits per heavy atom. The maximum absolute atomic E-state index is 14.8. The van der Waals surface area contributed by atoms with E-state index in [1.165, 1.54) is 12.1 Å². The van der Waals surface area contributed by atoms with Gasteiger partial charge in [0.1, 0.15) is 0 Å². The van der Waals surface area contributed by atoms with E-state index in [4.69, 9.17) is 14.2 Å². The van der Waals surface area contributed by atoms with Crippen molar-refractivity contribution >= 4 is 0 Å². The molecule has 0 aromatic heterocycles. The van der Waals surface area contributed by atoms with Gasteiger partial charge in [-0.3, -0.25) is 0 Å². The van der Waals surface area contributed by atoms with Crippen molar-refractivity contribution in [3.8, 4) is 28.4 Å². The summed E-state index contributed by atoms with van der Waals surface area (Å²) in [6.07, 6.45) is 2.41. The Labute approximate surface area is 217 Å². The van der Waals surface area contributed by atoms with E-state index in [-0.39, 0.29) is 48.9 Å². The van der Waals surface area contributed by atoms with Gasteiger partial charge in [0.2, 0.25) is 17.5 Å². The molecule has 3 aromatic carbocycles. The van der Waals surface area contributed by atoms with Crippen LogP contribution in [0, 0.1) is 40.8 Å². The van der Waals surface area contributed by atoms with Gasteiger partial charge in [0.15, 0.2) is 34.7 Å². The van der Waals surface area contributed by atoms with Gasteiger partial charge < -0.3 is 14.2 Å². The lowest BCUT2D eigenvalue weighted by Gasteiger charge is -2.29. The second-order valence-corrected chi connectivity index (χ2v) is 9.15. The molecule has 1 fully saturated rings. The zero-order chi connectivity index (χ0) is 27.4. The van der Waals surface area contributed by atoms with E-state index < -0.39 is 46.0 Å². The topological polar surface area (TPSA) is 27.7 Å². The number of hydrogen-bond donors (Lipinski definition) is 0. The molecule has 0 atom stereocenters. The summed E-state index contributed by atoms with van der Waals surface area (Å²) in [7, 11) is 0. The third-order valence-corrected chi connectivity index (χ3v) is 6.82. The van der Waals surface area contributed by atoms with Crippen LogP contribution in [0.3, 0.4) is 0 Å². The summed E-state index contributed by atoms with van der Waals surface area (Å²) in [4.78, 5) is 0. The van der Waals surface area contributed by atoms with Crippen molar-refractivity contribution in [3.63, 3.8) is 0 Å². The molecule has 0 radical (unpaired) electrons. The van der Waals surface area contributed by atoms with Gasteiger partial charge in [-0.1, -0.05) is 6.07 Å². The fraction of sp³-hybridized carbons (Fsp3) is 0.379. The maximum atomic E-state index is 14.8.